The predicted octanol–water partition coefficient (Wildman–Crippen LogP) is 5.51. The Morgan fingerprint density at radius 2 is 1.59 bits per heavy atom. The largest absolute Gasteiger partial charge is 0.369 e. The van der Waals surface area contributed by atoms with Crippen LogP contribution in [0.3, 0.4) is 0 Å². The van der Waals surface area contributed by atoms with Crippen LogP contribution in [0.1, 0.15) is 49.5 Å². The fraction of sp³-hybridized carbons (Fsp3) is 0.222. The molecule has 2 aromatic carbocycles. The average Bonchev–Trinajstić information content (AvgIpc) is 3.32. The zero-order valence-electron chi connectivity index (χ0n) is 19.4. The molecule has 0 spiro atoms. The third-order valence-electron chi connectivity index (χ3n) is 5.81. The van der Waals surface area contributed by atoms with Crippen molar-refractivity contribution in [1.82, 2.24) is 9.55 Å². The summed E-state index contributed by atoms with van der Waals surface area (Å²) in [5.41, 5.74) is 11.2. The first-order valence-electron chi connectivity index (χ1n) is 11.0. The normalized spacial score (nSPS) is 11.2. The molecule has 0 fully saturated rings. The number of amides is 1. The van der Waals surface area contributed by atoms with Crippen molar-refractivity contribution in [2.45, 2.75) is 37.6 Å². The van der Waals surface area contributed by atoms with Gasteiger partial charge < -0.3 is 10.3 Å². The van der Waals surface area contributed by atoms with Gasteiger partial charge in [0.25, 0.3) is 0 Å². The number of benzene rings is 2. The minimum Gasteiger partial charge on any atom is -0.369 e. The Bertz CT molecular complexity index is 1270. The molecule has 0 saturated heterocycles. The number of nitrogens with two attached hydrogens (primary N) is 1. The van der Waals surface area contributed by atoms with Gasteiger partial charge in [0.2, 0.25) is 5.91 Å². The first-order valence-corrected chi connectivity index (χ1v) is 12.8. The number of aryl methyl sites for hydroxylation is 2. The topological polar surface area (TPSA) is 78.0 Å². The lowest BCUT2D eigenvalue weighted by atomic mass is 9.98. The molecule has 2 N–H and O–H groups in total. The summed E-state index contributed by atoms with van der Waals surface area (Å²) in [7, 11) is 0. The van der Waals surface area contributed by atoms with Crippen LogP contribution < -0.4 is 5.73 Å². The zero-order chi connectivity index (χ0) is 24.2. The molecule has 174 valence electrons. The number of thioether (sulfide) groups is 1. The lowest BCUT2D eigenvalue weighted by Gasteiger charge is -2.24. The SMILES string of the molecule is Cc1nc(SCC(=O)c2cc(C)n(C(c3ccccc3)c3ccccc3)c2C)sc1CC(N)=O. The highest BCUT2D eigenvalue weighted by Crippen LogP contribution is 2.33. The van der Waals surface area contributed by atoms with E-state index in [-0.39, 0.29) is 29.9 Å². The number of primary amides is 1. The van der Waals surface area contributed by atoms with Crippen LogP contribution in [0.4, 0.5) is 0 Å². The van der Waals surface area contributed by atoms with Crippen molar-refractivity contribution >= 4 is 34.8 Å². The Kier molecular flexibility index (Phi) is 7.34. The summed E-state index contributed by atoms with van der Waals surface area (Å²) in [6, 6.07) is 22.7. The smallest absolute Gasteiger partial charge is 0.222 e. The second-order valence-corrected chi connectivity index (χ2v) is 10.5. The van der Waals surface area contributed by atoms with E-state index in [1.165, 1.54) is 34.2 Å². The van der Waals surface area contributed by atoms with Crippen LogP contribution in [0.15, 0.2) is 71.1 Å². The summed E-state index contributed by atoms with van der Waals surface area (Å²) in [6.45, 7) is 5.93. The van der Waals surface area contributed by atoms with Crippen LogP contribution >= 0.6 is 23.1 Å². The summed E-state index contributed by atoms with van der Waals surface area (Å²) in [4.78, 5) is 29.8. The summed E-state index contributed by atoms with van der Waals surface area (Å²) in [6.07, 6.45) is 0.180. The lowest BCUT2D eigenvalue weighted by Crippen LogP contribution is -2.16. The standard InChI is InChI=1S/C27H27N3O2S2/c1-17-14-22(23(31)16-33-27-29-18(2)24(34-27)15-25(28)32)19(3)30(17)26(20-10-6-4-7-11-20)21-12-8-5-9-13-21/h4-14,26H,15-16H2,1-3H3,(H2,28,32). The molecule has 7 heteroatoms. The second-order valence-electron chi connectivity index (χ2n) is 8.22. The van der Waals surface area contributed by atoms with E-state index in [0.29, 0.717) is 0 Å². The van der Waals surface area contributed by atoms with Crippen LogP contribution in [0.5, 0.6) is 0 Å². The van der Waals surface area contributed by atoms with Crippen LogP contribution in [0.2, 0.25) is 0 Å². The highest BCUT2D eigenvalue weighted by atomic mass is 32.2. The number of rotatable bonds is 9. The molecule has 0 aliphatic heterocycles. The van der Waals surface area contributed by atoms with Crippen LogP contribution in [-0.2, 0) is 11.2 Å². The molecule has 0 atom stereocenters. The molecular weight excluding hydrogens is 462 g/mol. The van der Waals surface area contributed by atoms with E-state index in [4.69, 9.17) is 5.73 Å². The van der Waals surface area contributed by atoms with E-state index >= 15 is 0 Å². The van der Waals surface area contributed by atoms with Crippen LogP contribution in [-0.4, -0.2) is 27.0 Å². The molecule has 0 aliphatic rings. The quantitative estimate of drug-likeness (QED) is 0.248. The van der Waals surface area contributed by atoms with E-state index in [2.05, 4.69) is 40.7 Å². The number of carbonyl (C=O) groups excluding carboxylic acids is 2. The fourth-order valence-corrected chi connectivity index (χ4v) is 6.34. The molecular formula is C27H27N3O2S2. The minimum atomic E-state index is -0.377. The first-order chi connectivity index (χ1) is 16.3. The van der Waals surface area contributed by atoms with E-state index in [1.807, 2.05) is 56.3 Å². The molecule has 5 nitrogen and oxygen atoms in total. The van der Waals surface area contributed by atoms with Crippen LogP contribution in [0.25, 0.3) is 0 Å². The van der Waals surface area contributed by atoms with Crippen molar-refractivity contribution in [3.05, 3.63) is 105 Å². The monoisotopic (exact) mass is 489 g/mol. The van der Waals surface area contributed by atoms with Crippen molar-refractivity contribution in [2.75, 3.05) is 5.75 Å². The molecule has 0 unspecified atom stereocenters. The zero-order valence-corrected chi connectivity index (χ0v) is 21.1. The van der Waals surface area contributed by atoms with Gasteiger partial charge in [-0.2, -0.15) is 0 Å². The number of hydrogen-bond acceptors (Lipinski definition) is 5. The van der Waals surface area contributed by atoms with Crippen molar-refractivity contribution < 1.29 is 9.59 Å². The molecule has 34 heavy (non-hydrogen) atoms. The van der Waals surface area contributed by atoms with Gasteiger partial charge in [-0.15, -0.1) is 11.3 Å². The number of thiazole rings is 1. The van der Waals surface area contributed by atoms with E-state index in [1.54, 1.807) is 0 Å². The highest BCUT2D eigenvalue weighted by Gasteiger charge is 2.24. The van der Waals surface area contributed by atoms with Gasteiger partial charge >= 0.3 is 0 Å². The Hall–Kier alpha value is -3.16. The van der Waals surface area contributed by atoms with E-state index in [9.17, 15) is 9.59 Å². The third kappa shape index (κ3) is 5.16. The van der Waals surface area contributed by atoms with Gasteiger partial charge in [0.1, 0.15) is 0 Å². The molecule has 4 rings (SSSR count). The fourth-order valence-electron chi connectivity index (χ4n) is 4.21. The Morgan fingerprint density at radius 3 is 2.15 bits per heavy atom. The van der Waals surface area contributed by atoms with Crippen LogP contribution in [0, 0.1) is 20.8 Å². The van der Waals surface area contributed by atoms with Crippen molar-refractivity contribution in [2.24, 2.45) is 5.73 Å². The maximum Gasteiger partial charge on any atom is 0.222 e. The molecule has 0 aliphatic carbocycles. The van der Waals surface area contributed by atoms with E-state index < -0.39 is 0 Å². The highest BCUT2D eigenvalue weighted by molar-refractivity contribution is 8.01. The molecule has 0 radical (unpaired) electrons. The van der Waals surface area contributed by atoms with Gasteiger partial charge in [-0.3, -0.25) is 9.59 Å². The number of hydrogen-bond donors (Lipinski definition) is 1. The van der Waals surface area contributed by atoms with Gasteiger partial charge in [-0.05, 0) is 38.0 Å². The second kappa shape index (κ2) is 10.4. The first kappa shape index (κ1) is 24.0. The summed E-state index contributed by atoms with van der Waals surface area (Å²) < 4.78 is 3.03. The van der Waals surface area contributed by atoms with Crippen molar-refractivity contribution in [3.8, 4) is 0 Å². The van der Waals surface area contributed by atoms with E-state index in [0.717, 1.165) is 31.9 Å². The third-order valence-corrected chi connectivity index (χ3v) is 8.11. The van der Waals surface area contributed by atoms with Gasteiger partial charge in [-0.1, -0.05) is 72.4 Å². The predicted molar refractivity (Wildman–Crippen MR) is 139 cm³/mol. The van der Waals surface area contributed by atoms with Gasteiger partial charge in [0.05, 0.1) is 23.9 Å². The molecule has 2 heterocycles. The average molecular weight is 490 g/mol. The molecule has 1 amide bonds. The Morgan fingerprint density at radius 1 is 1.00 bits per heavy atom. The summed E-state index contributed by atoms with van der Waals surface area (Å²) in [5, 5.41) is 0. The molecule has 0 saturated carbocycles. The number of nitrogens with zero attached hydrogens (tertiary/aromatic N) is 2. The summed E-state index contributed by atoms with van der Waals surface area (Å²) in [5.74, 6) is -0.0269. The number of aromatic nitrogens is 2. The number of Topliss-reactive ketones (excluding diaryl/α,β-unsaturated/α-hetero) is 1. The number of carbonyl (C=O) groups is 2. The Labute approximate surface area is 208 Å². The maximum absolute atomic E-state index is 13.2. The Balaban J connectivity index is 1.61. The maximum atomic E-state index is 13.2. The summed E-state index contributed by atoms with van der Waals surface area (Å²) >= 11 is 2.84. The van der Waals surface area contributed by atoms with Crippen molar-refractivity contribution in [3.63, 3.8) is 0 Å². The van der Waals surface area contributed by atoms with Crippen molar-refractivity contribution in [1.29, 1.82) is 0 Å². The molecule has 2 aromatic heterocycles. The molecule has 0 bridgehead atoms. The van der Waals surface area contributed by atoms with Gasteiger partial charge in [-0.25, -0.2) is 4.98 Å². The molecule has 4 aromatic rings. The van der Waals surface area contributed by atoms with Gasteiger partial charge in [0.15, 0.2) is 10.1 Å². The van der Waals surface area contributed by atoms with Gasteiger partial charge in [0, 0.05) is 21.8 Å². The minimum absolute atomic E-state index is 0.0189. The lowest BCUT2D eigenvalue weighted by molar-refractivity contribution is -0.117. The number of ketones is 1.